The Morgan fingerprint density at radius 2 is 1.85 bits per heavy atom. The fourth-order valence-electron chi connectivity index (χ4n) is 1.60. The first-order valence-electron chi connectivity index (χ1n) is 4.24. The minimum Gasteiger partial charge on any atom is -0.388 e. The first-order chi connectivity index (χ1) is 6.29. The van der Waals surface area contributed by atoms with Crippen molar-refractivity contribution in [1.29, 1.82) is 0 Å². The monoisotopic (exact) mass is 174 g/mol. The molecule has 2 rings (SSSR count). The molecule has 0 saturated heterocycles. The summed E-state index contributed by atoms with van der Waals surface area (Å²) in [7, 11) is 0. The number of aliphatic hydroxyl groups is 1. The molecule has 2 heteroatoms. The van der Waals surface area contributed by atoms with Gasteiger partial charge in [0.2, 0.25) is 0 Å². The first kappa shape index (κ1) is 8.20. The van der Waals surface area contributed by atoms with E-state index in [2.05, 4.69) is 0 Å². The molecule has 0 spiro atoms. The fourth-order valence-corrected chi connectivity index (χ4v) is 1.60. The molecule has 0 amide bonds. The molecule has 0 saturated carbocycles. The van der Waals surface area contributed by atoms with Gasteiger partial charge in [0.15, 0.2) is 5.78 Å². The third-order valence-corrected chi connectivity index (χ3v) is 2.26. The highest BCUT2D eigenvalue weighted by Crippen LogP contribution is 2.26. The Morgan fingerprint density at radius 1 is 1.15 bits per heavy atom. The van der Waals surface area contributed by atoms with Crippen molar-refractivity contribution in [3.05, 3.63) is 48.0 Å². The quantitative estimate of drug-likeness (QED) is 0.696. The van der Waals surface area contributed by atoms with E-state index in [-0.39, 0.29) is 11.7 Å². The predicted octanol–water partition coefficient (Wildman–Crippen LogP) is 1.27. The van der Waals surface area contributed by atoms with Crippen molar-refractivity contribution in [2.24, 2.45) is 0 Å². The highest BCUT2D eigenvalue weighted by molar-refractivity contribution is 5.98. The van der Waals surface area contributed by atoms with Crippen molar-refractivity contribution in [1.82, 2.24) is 0 Å². The number of allylic oxidation sites excluding steroid dienone is 1. The van der Waals surface area contributed by atoms with Gasteiger partial charge in [-0.05, 0) is 11.6 Å². The van der Waals surface area contributed by atoms with E-state index in [1.165, 1.54) is 6.08 Å². The molecule has 1 aliphatic rings. The average Bonchev–Trinajstić information content (AvgIpc) is 2.48. The van der Waals surface area contributed by atoms with Crippen LogP contribution in [0.2, 0.25) is 0 Å². The molecule has 66 valence electrons. The molecule has 1 N–H and O–H groups in total. The minimum absolute atomic E-state index is 0.0151. The van der Waals surface area contributed by atoms with Crippen LogP contribution in [0.3, 0.4) is 0 Å². The summed E-state index contributed by atoms with van der Waals surface area (Å²) in [6.45, 7) is 0. The van der Waals surface area contributed by atoms with Gasteiger partial charge in [-0.1, -0.05) is 36.4 Å². The van der Waals surface area contributed by atoms with Crippen LogP contribution in [-0.4, -0.2) is 17.0 Å². The van der Waals surface area contributed by atoms with Crippen LogP contribution in [0.1, 0.15) is 11.5 Å². The van der Waals surface area contributed by atoms with E-state index in [0.29, 0.717) is 0 Å². The Balaban J connectivity index is 2.33. The van der Waals surface area contributed by atoms with Gasteiger partial charge in [-0.15, -0.1) is 0 Å². The van der Waals surface area contributed by atoms with Gasteiger partial charge in [0.05, 0.1) is 12.0 Å². The Hall–Kier alpha value is -1.41. The van der Waals surface area contributed by atoms with Gasteiger partial charge >= 0.3 is 0 Å². The largest absolute Gasteiger partial charge is 0.388 e. The van der Waals surface area contributed by atoms with Crippen LogP contribution in [0.4, 0.5) is 0 Å². The normalized spacial score (nSPS) is 26.7. The Bertz CT molecular complexity index is 340. The molecule has 0 radical (unpaired) electrons. The zero-order valence-corrected chi connectivity index (χ0v) is 7.05. The standard InChI is InChI=1S/C11H10O2/c12-9-6-7-10(13)11(9)8-4-2-1-3-5-8/h1-7,9,11-12H/t9-,11?/m0/s1. The molecule has 1 aromatic carbocycles. The van der Waals surface area contributed by atoms with Gasteiger partial charge in [0, 0.05) is 0 Å². The molecule has 1 unspecified atom stereocenters. The summed E-state index contributed by atoms with van der Waals surface area (Å²) >= 11 is 0. The average molecular weight is 174 g/mol. The van der Waals surface area contributed by atoms with Crippen molar-refractivity contribution in [2.45, 2.75) is 12.0 Å². The summed E-state index contributed by atoms with van der Waals surface area (Å²) in [6, 6.07) is 9.35. The van der Waals surface area contributed by atoms with E-state index in [1.54, 1.807) is 6.08 Å². The summed E-state index contributed by atoms with van der Waals surface area (Å²) in [5.41, 5.74) is 0.880. The van der Waals surface area contributed by atoms with Gasteiger partial charge < -0.3 is 5.11 Å². The third kappa shape index (κ3) is 1.40. The van der Waals surface area contributed by atoms with Gasteiger partial charge in [-0.25, -0.2) is 0 Å². The van der Waals surface area contributed by atoms with Crippen molar-refractivity contribution >= 4 is 5.78 Å². The van der Waals surface area contributed by atoms with Crippen molar-refractivity contribution in [3.63, 3.8) is 0 Å². The van der Waals surface area contributed by atoms with Crippen molar-refractivity contribution in [2.75, 3.05) is 0 Å². The van der Waals surface area contributed by atoms with E-state index in [9.17, 15) is 9.90 Å². The van der Waals surface area contributed by atoms with Gasteiger partial charge in [-0.2, -0.15) is 0 Å². The molecule has 1 aromatic rings. The van der Waals surface area contributed by atoms with E-state index in [1.807, 2.05) is 30.3 Å². The second-order valence-corrected chi connectivity index (χ2v) is 3.14. The molecule has 2 atom stereocenters. The first-order valence-corrected chi connectivity index (χ1v) is 4.24. The van der Waals surface area contributed by atoms with Gasteiger partial charge in [-0.3, -0.25) is 4.79 Å². The summed E-state index contributed by atoms with van der Waals surface area (Å²) in [4.78, 5) is 11.3. The lowest BCUT2D eigenvalue weighted by Gasteiger charge is -2.12. The lowest BCUT2D eigenvalue weighted by Crippen LogP contribution is -2.17. The van der Waals surface area contributed by atoms with Crippen molar-refractivity contribution < 1.29 is 9.90 Å². The van der Waals surface area contributed by atoms with E-state index in [0.717, 1.165) is 5.56 Å². The van der Waals surface area contributed by atoms with Crippen LogP contribution >= 0.6 is 0 Å². The van der Waals surface area contributed by atoms with Crippen LogP contribution < -0.4 is 0 Å². The number of aliphatic hydroxyl groups excluding tert-OH is 1. The second-order valence-electron chi connectivity index (χ2n) is 3.14. The van der Waals surface area contributed by atoms with Crippen LogP contribution in [-0.2, 0) is 4.79 Å². The zero-order chi connectivity index (χ0) is 9.26. The maximum absolute atomic E-state index is 11.3. The fraction of sp³-hybridized carbons (Fsp3) is 0.182. The van der Waals surface area contributed by atoms with Crippen LogP contribution in [0, 0.1) is 0 Å². The topological polar surface area (TPSA) is 37.3 Å². The van der Waals surface area contributed by atoms with E-state index < -0.39 is 6.10 Å². The summed E-state index contributed by atoms with van der Waals surface area (Å²) < 4.78 is 0. The molecule has 0 bridgehead atoms. The van der Waals surface area contributed by atoms with Crippen LogP contribution in [0.5, 0.6) is 0 Å². The number of hydrogen-bond acceptors (Lipinski definition) is 2. The summed E-state index contributed by atoms with van der Waals surface area (Å²) in [6.07, 6.45) is 2.33. The van der Waals surface area contributed by atoms with Gasteiger partial charge in [0.1, 0.15) is 0 Å². The number of carbonyl (C=O) groups excluding carboxylic acids is 1. The lowest BCUT2D eigenvalue weighted by atomic mass is 9.94. The summed E-state index contributed by atoms with van der Waals surface area (Å²) in [5.74, 6) is -0.403. The Kier molecular flexibility index (Phi) is 1.99. The van der Waals surface area contributed by atoms with Crippen LogP contribution in [0.15, 0.2) is 42.5 Å². The maximum atomic E-state index is 11.3. The lowest BCUT2D eigenvalue weighted by molar-refractivity contribution is -0.116. The number of carbonyl (C=O) groups is 1. The SMILES string of the molecule is O=C1C=C[C@H](O)C1c1ccccc1. The molecule has 0 fully saturated rings. The Labute approximate surface area is 76.5 Å². The Morgan fingerprint density at radius 3 is 2.38 bits per heavy atom. The number of rotatable bonds is 1. The third-order valence-electron chi connectivity index (χ3n) is 2.26. The minimum atomic E-state index is -0.658. The number of ketones is 1. The molecule has 13 heavy (non-hydrogen) atoms. The summed E-state index contributed by atoms with van der Waals surface area (Å²) in [5, 5.41) is 9.51. The number of hydrogen-bond donors (Lipinski definition) is 1. The maximum Gasteiger partial charge on any atom is 0.165 e. The highest BCUT2D eigenvalue weighted by atomic mass is 16.3. The van der Waals surface area contributed by atoms with Gasteiger partial charge in [0.25, 0.3) is 0 Å². The molecule has 0 aromatic heterocycles. The van der Waals surface area contributed by atoms with E-state index in [4.69, 9.17) is 0 Å². The smallest absolute Gasteiger partial charge is 0.165 e. The molecule has 0 heterocycles. The molecule has 0 aliphatic heterocycles. The zero-order valence-electron chi connectivity index (χ0n) is 7.05. The number of benzene rings is 1. The van der Waals surface area contributed by atoms with Crippen LogP contribution in [0.25, 0.3) is 0 Å². The highest BCUT2D eigenvalue weighted by Gasteiger charge is 2.29. The molecule has 1 aliphatic carbocycles. The molecule has 2 nitrogen and oxygen atoms in total. The van der Waals surface area contributed by atoms with Crippen molar-refractivity contribution in [3.8, 4) is 0 Å². The molecular formula is C11H10O2. The predicted molar refractivity (Wildman–Crippen MR) is 49.3 cm³/mol. The second kappa shape index (κ2) is 3.15. The molecular weight excluding hydrogens is 164 g/mol. The van der Waals surface area contributed by atoms with E-state index >= 15 is 0 Å².